The van der Waals surface area contributed by atoms with Gasteiger partial charge in [0.25, 0.3) is 0 Å². The van der Waals surface area contributed by atoms with Gasteiger partial charge in [-0.05, 0) is 75.0 Å². The van der Waals surface area contributed by atoms with Crippen LogP contribution in [0.4, 0.5) is 0 Å². The van der Waals surface area contributed by atoms with Gasteiger partial charge in [0.15, 0.2) is 0 Å². The van der Waals surface area contributed by atoms with Gasteiger partial charge >= 0.3 is 5.97 Å². The molecule has 0 saturated heterocycles. The van der Waals surface area contributed by atoms with Crippen LogP contribution in [0.25, 0.3) is 0 Å². The monoisotopic (exact) mass is 324 g/mol. The molecular weight excluding hydrogens is 288 g/mol. The van der Waals surface area contributed by atoms with E-state index in [4.69, 9.17) is 9.47 Å². The van der Waals surface area contributed by atoms with E-state index in [1.807, 2.05) is 14.0 Å². The third-order valence-electron chi connectivity index (χ3n) is 6.54. The van der Waals surface area contributed by atoms with Gasteiger partial charge in [-0.25, -0.2) is 0 Å². The number of esters is 1. The van der Waals surface area contributed by atoms with Gasteiger partial charge in [-0.2, -0.15) is 0 Å². The molecular formula is C20H36O3. The first-order valence-corrected chi connectivity index (χ1v) is 9.69. The second-order valence-corrected chi connectivity index (χ2v) is 8.24. The Morgan fingerprint density at radius 1 is 0.913 bits per heavy atom. The summed E-state index contributed by atoms with van der Waals surface area (Å²) in [6.07, 6.45) is 11.7. The number of hydrogen-bond donors (Lipinski definition) is 0. The molecule has 0 aromatic rings. The molecule has 23 heavy (non-hydrogen) atoms. The van der Waals surface area contributed by atoms with E-state index in [-0.39, 0.29) is 12.1 Å². The van der Waals surface area contributed by atoms with Gasteiger partial charge in [-0.15, -0.1) is 0 Å². The molecule has 0 aromatic carbocycles. The molecule has 2 aliphatic carbocycles. The quantitative estimate of drug-likeness (QED) is 0.636. The first-order valence-electron chi connectivity index (χ1n) is 9.69. The Morgan fingerprint density at radius 2 is 1.39 bits per heavy atom. The SMILES string of the molecule is CCCC(=O)OC1CCC(C(C)(C)C2CCC(OC)CC2)CC1. The minimum Gasteiger partial charge on any atom is -0.462 e. The van der Waals surface area contributed by atoms with Crippen molar-refractivity contribution in [2.45, 2.75) is 97.2 Å². The molecule has 0 bridgehead atoms. The maximum atomic E-state index is 11.7. The minimum absolute atomic E-state index is 0.00639. The topological polar surface area (TPSA) is 35.5 Å². The molecule has 2 aliphatic rings. The fourth-order valence-corrected chi connectivity index (χ4v) is 4.75. The molecule has 0 unspecified atom stereocenters. The van der Waals surface area contributed by atoms with Crippen molar-refractivity contribution < 1.29 is 14.3 Å². The second-order valence-electron chi connectivity index (χ2n) is 8.24. The van der Waals surface area contributed by atoms with Crippen molar-refractivity contribution in [1.29, 1.82) is 0 Å². The van der Waals surface area contributed by atoms with Crippen LogP contribution in [0.3, 0.4) is 0 Å². The maximum absolute atomic E-state index is 11.7. The van der Waals surface area contributed by atoms with Crippen LogP contribution < -0.4 is 0 Å². The Bertz CT molecular complexity index is 361. The van der Waals surface area contributed by atoms with Gasteiger partial charge in [0.05, 0.1) is 6.10 Å². The predicted molar refractivity (Wildman–Crippen MR) is 93.3 cm³/mol. The van der Waals surface area contributed by atoms with Crippen LogP contribution >= 0.6 is 0 Å². The normalized spacial score (nSPS) is 32.5. The van der Waals surface area contributed by atoms with Gasteiger partial charge < -0.3 is 9.47 Å². The zero-order valence-electron chi connectivity index (χ0n) is 15.6. The lowest BCUT2D eigenvalue weighted by atomic mass is 9.60. The third kappa shape index (κ3) is 4.95. The average Bonchev–Trinajstić information content (AvgIpc) is 2.55. The highest BCUT2D eigenvalue weighted by molar-refractivity contribution is 5.69. The zero-order valence-corrected chi connectivity index (χ0v) is 15.6. The number of hydrogen-bond acceptors (Lipinski definition) is 3. The van der Waals surface area contributed by atoms with Gasteiger partial charge in [0, 0.05) is 13.5 Å². The summed E-state index contributed by atoms with van der Waals surface area (Å²) in [6, 6.07) is 0. The second kappa shape index (κ2) is 8.50. The van der Waals surface area contributed by atoms with Crippen molar-refractivity contribution in [1.82, 2.24) is 0 Å². The lowest BCUT2D eigenvalue weighted by Crippen LogP contribution is -2.39. The van der Waals surface area contributed by atoms with Crippen molar-refractivity contribution in [3.63, 3.8) is 0 Å². The molecule has 134 valence electrons. The van der Waals surface area contributed by atoms with Crippen LogP contribution in [0.5, 0.6) is 0 Å². The van der Waals surface area contributed by atoms with Crippen molar-refractivity contribution in [2.24, 2.45) is 17.3 Å². The van der Waals surface area contributed by atoms with E-state index >= 15 is 0 Å². The van der Waals surface area contributed by atoms with E-state index in [2.05, 4.69) is 13.8 Å². The summed E-state index contributed by atoms with van der Waals surface area (Å²) in [7, 11) is 1.84. The van der Waals surface area contributed by atoms with E-state index in [1.54, 1.807) is 0 Å². The van der Waals surface area contributed by atoms with Crippen molar-refractivity contribution in [3.8, 4) is 0 Å². The highest BCUT2D eigenvalue weighted by Gasteiger charge is 2.40. The molecule has 0 N–H and O–H groups in total. The number of rotatable bonds is 6. The Balaban J connectivity index is 1.80. The largest absolute Gasteiger partial charge is 0.462 e. The molecule has 2 saturated carbocycles. The summed E-state index contributed by atoms with van der Waals surface area (Å²) in [5.41, 5.74) is 0.400. The number of ether oxygens (including phenoxy) is 2. The lowest BCUT2D eigenvalue weighted by molar-refractivity contribution is -0.151. The molecule has 2 rings (SSSR count). The molecule has 3 heteroatoms. The molecule has 2 fully saturated rings. The minimum atomic E-state index is -0.00639. The standard InChI is InChI=1S/C20H36O3/c1-5-6-19(21)23-18-13-9-16(10-14-18)20(2,3)15-7-11-17(22-4)12-8-15/h15-18H,5-14H2,1-4H3. The van der Waals surface area contributed by atoms with Crippen molar-refractivity contribution in [3.05, 3.63) is 0 Å². The van der Waals surface area contributed by atoms with Gasteiger partial charge in [-0.1, -0.05) is 20.8 Å². The van der Waals surface area contributed by atoms with E-state index in [0.29, 0.717) is 17.9 Å². The van der Waals surface area contributed by atoms with Crippen LogP contribution in [0.2, 0.25) is 0 Å². The fraction of sp³-hybridized carbons (Fsp3) is 0.950. The highest BCUT2D eigenvalue weighted by atomic mass is 16.5. The van der Waals surface area contributed by atoms with Crippen molar-refractivity contribution >= 4 is 5.97 Å². The Labute approximate surface area is 142 Å². The van der Waals surface area contributed by atoms with Crippen molar-refractivity contribution in [2.75, 3.05) is 7.11 Å². The summed E-state index contributed by atoms with van der Waals surface area (Å²) in [6.45, 7) is 6.97. The number of methoxy groups -OCH3 is 1. The average molecular weight is 325 g/mol. The number of carbonyl (C=O) groups is 1. The van der Waals surface area contributed by atoms with Gasteiger partial charge in [-0.3, -0.25) is 4.79 Å². The Hall–Kier alpha value is -0.570. The zero-order chi connectivity index (χ0) is 16.9. The summed E-state index contributed by atoms with van der Waals surface area (Å²) < 4.78 is 11.1. The van der Waals surface area contributed by atoms with Crippen LogP contribution in [-0.2, 0) is 14.3 Å². The van der Waals surface area contributed by atoms with Crippen LogP contribution in [0.15, 0.2) is 0 Å². The Morgan fingerprint density at radius 3 is 1.83 bits per heavy atom. The summed E-state index contributed by atoms with van der Waals surface area (Å²) in [5, 5.41) is 0. The molecule has 0 atom stereocenters. The number of carbonyl (C=O) groups excluding carboxylic acids is 1. The summed E-state index contributed by atoms with van der Waals surface area (Å²) in [4.78, 5) is 11.7. The van der Waals surface area contributed by atoms with Crippen LogP contribution in [0.1, 0.15) is 85.0 Å². The molecule has 0 spiro atoms. The summed E-state index contributed by atoms with van der Waals surface area (Å²) >= 11 is 0. The fourth-order valence-electron chi connectivity index (χ4n) is 4.75. The van der Waals surface area contributed by atoms with E-state index in [1.165, 1.54) is 38.5 Å². The third-order valence-corrected chi connectivity index (χ3v) is 6.54. The Kier molecular flexibility index (Phi) is 6.94. The molecule has 0 heterocycles. The van der Waals surface area contributed by atoms with E-state index in [9.17, 15) is 4.79 Å². The first-order chi connectivity index (χ1) is 11.0. The molecule has 0 aromatic heterocycles. The van der Waals surface area contributed by atoms with Gasteiger partial charge in [0.2, 0.25) is 0 Å². The van der Waals surface area contributed by atoms with E-state index < -0.39 is 0 Å². The van der Waals surface area contributed by atoms with Crippen LogP contribution in [-0.4, -0.2) is 25.3 Å². The van der Waals surface area contributed by atoms with E-state index in [0.717, 1.165) is 31.1 Å². The lowest BCUT2D eigenvalue weighted by Gasteiger charge is -2.46. The van der Waals surface area contributed by atoms with Crippen LogP contribution in [0, 0.1) is 17.3 Å². The smallest absolute Gasteiger partial charge is 0.306 e. The molecule has 3 nitrogen and oxygen atoms in total. The highest BCUT2D eigenvalue weighted by Crippen LogP contribution is 2.48. The summed E-state index contributed by atoms with van der Waals surface area (Å²) in [5.74, 6) is 1.58. The predicted octanol–water partition coefficient (Wildman–Crippen LogP) is 5.12. The molecule has 0 radical (unpaired) electrons. The maximum Gasteiger partial charge on any atom is 0.306 e. The molecule has 0 aliphatic heterocycles. The molecule has 0 amide bonds. The first kappa shape index (κ1) is 18.8. The van der Waals surface area contributed by atoms with Gasteiger partial charge in [0.1, 0.15) is 6.10 Å².